The van der Waals surface area contributed by atoms with Gasteiger partial charge in [-0.1, -0.05) is 43.0 Å². The van der Waals surface area contributed by atoms with Gasteiger partial charge in [-0.25, -0.2) is 4.79 Å². The Kier molecular flexibility index (Phi) is 6.61. The molecule has 0 saturated heterocycles. The first-order valence-electron chi connectivity index (χ1n) is 6.33. The fraction of sp³-hybridized carbons (Fsp3) is 0.312. The van der Waals surface area contributed by atoms with Crippen LogP contribution in [-0.2, 0) is 16.0 Å². The summed E-state index contributed by atoms with van der Waals surface area (Å²) in [5.41, 5.74) is 2.90. The molecule has 1 aromatic carbocycles. The third-order valence-corrected chi connectivity index (χ3v) is 2.75. The second-order valence-electron chi connectivity index (χ2n) is 4.23. The van der Waals surface area contributed by atoms with Crippen LogP contribution >= 0.6 is 0 Å². The molecular formula is C16H20O3. The van der Waals surface area contributed by atoms with E-state index in [2.05, 4.69) is 18.7 Å². The molecule has 1 rings (SSSR count). The number of hydrogen-bond donors (Lipinski definition) is 1. The van der Waals surface area contributed by atoms with Crippen LogP contribution in [0.1, 0.15) is 24.5 Å². The minimum absolute atomic E-state index is 0.0486. The van der Waals surface area contributed by atoms with Crippen molar-refractivity contribution in [2.75, 3.05) is 13.2 Å². The smallest absolute Gasteiger partial charge is 0.333 e. The Hall–Kier alpha value is -1.87. The van der Waals surface area contributed by atoms with Crippen LogP contribution in [-0.4, -0.2) is 24.3 Å². The molecule has 3 nitrogen and oxygen atoms in total. The number of rotatable bonds is 7. The van der Waals surface area contributed by atoms with E-state index >= 15 is 0 Å². The van der Waals surface area contributed by atoms with Crippen molar-refractivity contribution in [1.82, 2.24) is 0 Å². The van der Waals surface area contributed by atoms with Crippen molar-refractivity contribution < 1.29 is 14.6 Å². The third-order valence-electron chi connectivity index (χ3n) is 2.75. The number of carbonyl (C=O) groups is 1. The van der Waals surface area contributed by atoms with Gasteiger partial charge in [-0.3, -0.25) is 0 Å². The summed E-state index contributed by atoms with van der Waals surface area (Å²) >= 11 is 0. The van der Waals surface area contributed by atoms with E-state index in [1.54, 1.807) is 6.92 Å². The van der Waals surface area contributed by atoms with Crippen LogP contribution < -0.4 is 0 Å². The highest BCUT2D eigenvalue weighted by Crippen LogP contribution is 2.09. The molecule has 102 valence electrons. The fourth-order valence-corrected chi connectivity index (χ4v) is 1.61. The second-order valence-corrected chi connectivity index (χ2v) is 4.23. The highest BCUT2D eigenvalue weighted by molar-refractivity contribution is 5.87. The van der Waals surface area contributed by atoms with Crippen LogP contribution in [0.4, 0.5) is 0 Å². The Bertz CT molecular complexity index is 444. The van der Waals surface area contributed by atoms with Crippen molar-refractivity contribution in [3.8, 4) is 0 Å². The molecule has 0 aliphatic heterocycles. The Balaban J connectivity index is 2.43. The Morgan fingerprint density at radius 3 is 2.63 bits per heavy atom. The van der Waals surface area contributed by atoms with Crippen LogP contribution in [0.25, 0.3) is 6.08 Å². The second kappa shape index (κ2) is 8.27. The predicted molar refractivity (Wildman–Crippen MR) is 76.7 cm³/mol. The third kappa shape index (κ3) is 5.53. The lowest BCUT2D eigenvalue weighted by atomic mass is 10.1. The molecular weight excluding hydrogens is 240 g/mol. The minimum Gasteiger partial charge on any atom is -0.460 e. The van der Waals surface area contributed by atoms with Crippen molar-refractivity contribution >= 4 is 12.0 Å². The highest BCUT2D eigenvalue weighted by Gasteiger charge is 2.04. The average molecular weight is 260 g/mol. The van der Waals surface area contributed by atoms with Gasteiger partial charge in [0.2, 0.25) is 0 Å². The Morgan fingerprint density at radius 2 is 2.05 bits per heavy atom. The lowest BCUT2D eigenvalue weighted by Crippen LogP contribution is -2.09. The number of carbonyl (C=O) groups excluding carboxylic acids is 1. The number of aryl methyl sites for hydroxylation is 1. The van der Waals surface area contributed by atoms with E-state index in [4.69, 9.17) is 9.84 Å². The number of allylic oxidation sites excluding steroid dienone is 1. The summed E-state index contributed by atoms with van der Waals surface area (Å²) in [7, 11) is 0. The van der Waals surface area contributed by atoms with Crippen molar-refractivity contribution in [1.29, 1.82) is 0 Å². The molecule has 0 aromatic heterocycles. The van der Waals surface area contributed by atoms with Gasteiger partial charge in [-0.15, -0.1) is 0 Å². The molecule has 0 bridgehead atoms. The number of esters is 1. The monoisotopic (exact) mass is 260 g/mol. The molecule has 3 heteroatoms. The maximum atomic E-state index is 11.4. The quantitative estimate of drug-likeness (QED) is 0.605. The van der Waals surface area contributed by atoms with Gasteiger partial charge < -0.3 is 9.84 Å². The predicted octanol–water partition coefficient (Wildman–Crippen LogP) is 2.74. The normalized spacial score (nSPS) is 11.2. The molecule has 0 aliphatic carbocycles. The molecule has 0 fully saturated rings. The van der Waals surface area contributed by atoms with Crippen LogP contribution in [0.2, 0.25) is 0 Å². The van der Waals surface area contributed by atoms with E-state index in [1.807, 2.05) is 24.3 Å². The van der Waals surface area contributed by atoms with Crippen molar-refractivity contribution in [2.45, 2.75) is 19.8 Å². The molecule has 19 heavy (non-hydrogen) atoms. The molecule has 0 spiro atoms. The van der Waals surface area contributed by atoms with Gasteiger partial charge in [0.05, 0.1) is 6.61 Å². The first-order chi connectivity index (χ1) is 9.17. The van der Waals surface area contributed by atoms with Gasteiger partial charge in [-0.2, -0.15) is 0 Å². The summed E-state index contributed by atoms with van der Waals surface area (Å²) < 4.78 is 4.82. The van der Waals surface area contributed by atoms with Gasteiger partial charge in [0.15, 0.2) is 0 Å². The molecule has 0 saturated carbocycles. The van der Waals surface area contributed by atoms with Crippen LogP contribution in [0.5, 0.6) is 0 Å². The maximum Gasteiger partial charge on any atom is 0.333 e. The van der Waals surface area contributed by atoms with E-state index in [1.165, 1.54) is 5.56 Å². The molecule has 0 radical (unpaired) electrons. The Labute approximate surface area is 114 Å². The van der Waals surface area contributed by atoms with Crippen molar-refractivity contribution in [3.63, 3.8) is 0 Å². The zero-order chi connectivity index (χ0) is 14.1. The standard InChI is InChI=1S/C16H20O3/c1-3-14-7-9-15(10-8-14)6-4-5-13(2)16(18)19-12-11-17/h3,5,7-10,17H,1,4,6,11-12H2,2H3. The van der Waals surface area contributed by atoms with E-state index in [9.17, 15) is 4.79 Å². The summed E-state index contributed by atoms with van der Waals surface area (Å²) in [6.07, 6.45) is 5.33. The number of benzene rings is 1. The lowest BCUT2D eigenvalue weighted by Gasteiger charge is -2.03. The number of ether oxygens (including phenoxy) is 1. The fourth-order valence-electron chi connectivity index (χ4n) is 1.61. The average Bonchev–Trinajstić information content (AvgIpc) is 2.45. The molecule has 0 aliphatic rings. The number of aliphatic hydroxyl groups excluding tert-OH is 1. The van der Waals surface area contributed by atoms with Crippen LogP contribution in [0.15, 0.2) is 42.5 Å². The summed E-state index contributed by atoms with van der Waals surface area (Å²) in [6.45, 7) is 5.34. The van der Waals surface area contributed by atoms with Crippen LogP contribution in [0, 0.1) is 0 Å². The number of hydrogen-bond acceptors (Lipinski definition) is 3. The molecule has 0 unspecified atom stereocenters. The van der Waals surface area contributed by atoms with E-state index in [0.717, 1.165) is 18.4 Å². The van der Waals surface area contributed by atoms with Gasteiger partial charge >= 0.3 is 5.97 Å². The van der Waals surface area contributed by atoms with Gasteiger partial charge in [0.1, 0.15) is 6.61 Å². The number of aliphatic hydroxyl groups is 1. The summed E-state index contributed by atoms with van der Waals surface area (Å²) in [5.74, 6) is -0.365. The van der Waals surface area contributed by atoms with Gasteiger partial charge in [0.25, 0.3) is 0 Å². The van der Waals surface area contributed by atoms with Crippen molar-refractivity contribution in [3.05, 3.63) is 53.6 Å². The largest absolute Gasteiger partial charge is 0.460 e. The molecule has 1 aromatic rings. The summed E-state index contributed by atoms with van der Waals surface area (Å²) in [5, 5.41) is 8.56. The first kappa shape index (κ1) is 15.2. The molecule has 0 heterocycles. The Morgan fingerprint density at radius 1 is 1.37 bits per heavy atom. The molecule has 0 atom stereocenters. The van der Waals surface area contributed by atoms with Crippen LogP contribution in [0.3, 0.4) is 0 Å². The zero-order valence-corrected chi connectivity index (χ0v) is 11.3. The molecule has 1 N–H and O–H groups in total. The minimum atomic E-state index is -0.365. The molecule has 0 amide bonds. The summed E-state index contributed by atoms with van der Waals surface area (Å²) in [6, 6.07) is 8.16. The highest BCUT2D eigenvalue weighted by atomic mass is 16.5. The summed E-state index contributed by atoms with van der Waals surface area (Å²) in [4.78, 5) is 11.4. The SMILES string of the molecule is C=Cc1ccc(CCC=C(C)C(=O)OCCO)cc1. The zero-order valence-electron chi connectivity index (χ0n) is 11.3. The topological polar surface area (TPSA) is 46.5 Å². The lowest BCUT2D eigenvalue weighted by molar-refractivity contribution is -0.139. The van der Waals surface area contributed by atoms with E-state index in [0.29, 0.717) is 5.57 Å². The van der Waals surface area contributed by atoms with Gasteiger partial charge in [0, 0.05) is 5.57 Å². The van der Waals surface area contributed by atoms with E-state index in [-0.39, 0.29) is 19.2 Å². The van der Waals surface area contributed by atoms with E-state index < -0.39 is 0 Å². The van der Waals surface area contributed by atoms with Crippen molar-refractivity contribution in [2.24, 2.45) is 0 Å². The maximum absolute atomic E-state index is 11.4. The first-order valence-corrected chi connectivity index (χ1v) is 6.33. The van der Waals surface area contributed by atoms with Gasteiger partial charge in [-0.05, 0) is 30.9 Å².